The summed E-state index contributed by atoms with van der Waals surface area (Å²) in [4.78, 5) is 60.0. The number of hydroxylamine groups is 2. The van der Waals surface area contributed by atoms with E-state index in [2.05, 4.69) is 59.3 Å². The number of nitrogens with one attached hydrogen (secondary N) is 3. The number of rotatable bonds is 23. The summed E-state index contributed by atoms with van der Waals surface area (Å²) in [6, 6.07) is 25.3. The fourth-order valence-electron chi connectivity index (χ4n) is 8.34. The van der Waals surface area contributed by atoms with Gasteiger partial charge in [0, 0.05) is 92.7 Å². The first-order valence-corrected chi connectivity index (χ1v) is 26.2. The van der Waals surface area contributed by atoms with Gasteiger partial charge in [-0.15, -0.1) is 10.2 Å². The molecular weight excluding hydrogens is 997 g/mol. The second-order valence-corrected chi connectivity index (χ2v) is 21.6. The zero-order valence-electron chi connectivity index (χ0n) is 44.1. The minimum Gasteiger partial charge on any atom is -0.494 e. The van der Waals surface area contributed by atoms with Gasteiger partial charge < -0.3 is 44.5 Å². The van der Waals surface area contributed by atoms with Gasteiger partial charge in [0.25, 0.3) is 0 Å². The average Bonchev–Trinajstić information content (AvgIpc) is 4.00. The number of hydrogen-bond acceptors (Lipinski definition) is 14. The predicted octanol–water partition coefficient (Wildman–Crippen LogP) is 10.1. The molecule has 4 aromatic carbocycles. The number of benzene rings is 4. The molecule has 0 saturated carbocycles. The Kier molecular flexibility index (Phi) is 18.6. The molecule has 3 amide bonds. The standard InChI is InChI=1S/C55H65F2N11O7S/c1-10-49(69)60-44-34-45(62-52-58-26-24-43(61-52)41-36-67(7)46-20-15-14-19-39(41)46)48(72-9)35-47(44)66(6)28-27-65(5)29-30-73-31-32-74-68(8)54(71)76(38-17-12-11-13-18-38)50(21-16-25-59-53(70)75-55(2,3)4)63-64-51(76)40-33-37(56)22-23-42(40)57/h10-15,17-20,22-24,26,33-36H,1,16,21,25,27-32H2,2-9H3,(H,59,70)(H,60,69)(H,58,61,62). The van der Waals surface area contributed by atoms with E-state index in [9.17, 15) is 18.8 Å². The fraction of sp³-hybridized carbons (Fsp3) is 0.327. The van der Waals surface area contributed by atoms with Crippen molar-refractivity contribution in [2.45, 2.75) is 44.1 Å². The van der Waals surface area contributed by atoms with Crippen molar-refractivity contribution >= 4 is 71.3 Å². The van der Waals surface area contributed by atoms with Gasteiger partial charge in [-0.05, 0) is 105 Å². The van der Waals surface area contributed by atoms with E-state index in [0.29, 0.717) is 71.4 Å². The maximum absolute atomic E-state index is 15.6. The zero-order chi connectivity index (χ0) is 54.6. The van der Waals surface area contributed by atoms with Crippen LogP contribution >= 0.6 is 10.0 Å². The number of carbonyl (C=O) groups excluding carboxylic acids is 3. The summed E-state index contributed by atoms with van der Waals surface area (Å²) in [6.45, 7) is 11.3. The molecule has 7 rings (SSSR count). The topological polar surface area (TPSA) is 189 Å². The van der Waals surface area contributed by atoms with Gasteiger partial charge in [0.2, 0.25) is 11.9 Å². The zero-order valence-corrected chi connectivity index (χ0v) is 44.9. The lowest BCUT2D eigenvalue weighted by Crippen LogP contribution is -2.38. The maximum atomic E-state index is 15.6. The number of aryl methyl sites for hydroxylation is 1. The summed E-state index contributed by atoms with van der Waals surface area (Å²) in [5.41, 5.74) is 3.65. The molecule has 1 aliphatic heterocycles. The molecular formula is C55H65F2N11O7S. The average molecular weight is 1060 g/mol. The van der Waals surface area contributed by atoms with Crippen LogP contribution in [0.3, 0.4) is 0 Å². The molecule has 0 spiro atoms. The van der Waals surface area contributed by atoms with Crippen molar-refractivity contribution < 1.29 is 42.2 Å². The minimum atomic E-state index is -3.14. The lowest BCUT2D eigenvalue weighted by atomic mass is 10.1. The number of halogens is 2. The number of hydrogen-bond donors (Lipinski definition) is 3. The molecule has 1 aliphatic rings. The Morgan fingerprint density at radius 3 is 2.38 bits per heavy atom. The summed E-state index contributed by atoms with van der Waals surface area (Å²) >= 11 is 0. The Morgan fingerprint density at radius 1 is 0.868 bits per heavy atom. The van der Waals surface area contributed by atoms with Gasteiger partial charge in [0.1, 0.15) is 28.0 Å². The monoisotopic (exact) mass is 1060 g/mol. The van der Waals surface area contributed by atoms with Gasteiger partial charge in [-0.1, -0.05) is 43.0 Å². The normalized spacial score (nSPS) is 15.1. The number of alkyl carbamates (subject to hydrolysis) is 1. The Labute approximate surface area is 443 Å². The molecule has 0 radical (unpaired) electrons. The number of likely N-dealkylation sites (N-methyl/N-ethyl adjacent to an activating group) is 2. The third-order valence-corrected chi connectivity index (χ3v) is 15.7. The van der Waals surface area contributed by atoms with Crippen LogP contribution in [0.5, 0.6) is 5.75 Å². The van der Waals surface area contributed by atoms with Crippen molar-refractivity contribution in [3.63, 3.8) is 0 Å². The van der Waals surface area contributed by atoms with Crippen LogP contribution in [0.2, 0.25) is 0 Å². The number of amides is 3. The number of ether oxygens (including phenoxy) is 3. The van der Waals surface area contributed by atoms with Crippen LogP contribution in [0.15, 0.2) is 131 Å². The molecule has 0 bridgehead atoms. The highest BCUT2D eigenvalue weighted by molar-refractivity contribution is 8.65. The molecule has 21 heteroatoms. The smallest absolute Gasteiger partial charge is 0.407 e. The van der Waals surface area contributed by atoms with E-state index in [1.165, 1.54) is 13.1 Å². The molecule has 0 saturated heterocycles. The minimum absolute atomic E-state index is 0.0141. The number of aromatic nitrogens is 3. The molecule has 0 fully saturated rings. The fourth-order valence-corrected chi connectivity index (χ4v) is 11.9. The molecule has 1 atom stereocenters. The largest absolute Gasteiger partial charge is 0.494 e. The van der Waals surface area contributed by atoms with Crippen LogP contribution in [0, 0.1) is 11.6 Å². The van der Waals surface area contributed by atoms with E-state index in [-0.39, 0.29) is 42.7 Å². The van der Waals surface area contributed by atoms with Crippen LogP contribution in [-0.2, 0) is 26.2 Å². The van der Waals surface area contributed by atoms with Crippen molar-refractivity contribution in [3.8, 4) is 17.0 Å². The quantitative estimate of drug-likeness (QED) is 0.0313. The van der Waals surface area contributed by atoms with Crippen LogP contribution in [0.4, 0.5) is 41.4 Å². The number of fused-ring (bicyclic) bond motifs is 1. The summed E-state index contributed by atoms with van der Waals surface area (Å²) in [5.74, 6) is -1.02. The molecule has 3 heterocycles. The van der Waals surface area contributed by atoms with E-state index >= 15 is 4.39 Å². The van der Waals surface area contributed by atoms with E-state index in [1.807, 2.05) is 56.5 Å². The van der Waals surface area contributed by atoms with E-state index in [1.54, 1.807) is 70.5 Å². The predicted molar refractivity (Wildman–Crippen MR) is 296 cm³/mol. The first-order valence-electron chi connectivity index (χ1n) is 24.6. The third kappa shape index (κ3) is 13.4. The number of carbonyl (C=O) groups is 3. The van der Waals surface area contributed by atoms with Crippen molar-refractivity contribution in [3.05, 3.63) is 133 Å². The van der Waals surface area contributed by atoms with Crippen LogP contribution < -0.4 is 25.6 Å². The molecule has 0 aliphatic carbocycles. The highest BCUT2D eigenvalue weighted by Crippen LogP contribution is 2.64. The Bertz CT molecular complexity index is 3110. The highest BCUT2D eigenvalue weighted by Gasteiger charge is 2.50. The number of methoxy groups -OCH3 is 1. The van der Waals surface area contributed by atoms with Gasteiger partial charge in [0.05, 0.1) is 54.7 Å². The van der Waals surface area contributed by atoms with Crippen molar-refractivity contribution in [2.24, 2.45) is 17.3 Å². The van der Waals surface area contributed by atoms with Gasteiger partial charge in [-0.3, -0.25) is 14.4 Å². The Morgan fingerprint density at radius 2 is 1.63 bits per heavy atom. The van der Waals surface area contributed by atoms with Gasteiger partial charge in [-0.2, -0.15) is 0 Å². The summed E-state index contributed by atoms with van der Waals surface area (Å²) in [7, 11) is 5.76. The number of anilines is 4. The van der Waals surface area contributed by atoms with Crippen molar-refractivity contribution in [1.82, 2.24) is 29.8 Å². The van der Waals surface area contributed by atoms with Crippen LogP contribution in [0.25, 0.3) is 22.2 Å². The van der Waals surface area contributed by atoms with Gasteiger partial charge >= 0.3 is 11.3 Å². The first kappa shape index (κ1) is 56.0. The highest BCUT2D eigenvalue weighted by atomic mass is 32.3. The molecule has 2 aromatic heterocycles. The summed E-state index contributed by atoms with van der Waals surface area (Å²) < 4.78 is 49.6. The molecule has 18 nitrogen and oxygen atoms in total. The lowest BCUT2D eigenvalue weighted by molar-refractivity contribution is -0.111. The SMILES string of the molecule is C=CC(=O)Nc1cc(Nc2nccc(-c3cn(C)c4ccccc34)n2)c(OC)cc1N(C)CCN(C)CCOCCON(C)C(=O)S1(c2ccccc2)C(CCCNC(=O)OC(C)(C)C)=NN=C1c1cc(F)ccc1F. The molecule has 76 heavy (non-hydrogen) atoms. The second-order valence-electron chi connectivity index (χ2n) is 18.7. The molecule has 402 valence electrons. The van der Waals surface area contributed by atoms with Crippen LogP contribution in [0.1, 0.15) is 39.2 Å². The Balaban J connectivity index is 0.958. The van der Waals surface area contributed by atoms with E-state index < -0.39 is 38.6 Å². The van der Waals surface area contributed by atoms with Crippen molar-refractivity contribution in [2.75, 3.05) is 89.8 Å². The molecule has 6 aromatic rings. The second kappa shape index (κ2) is 25.2. The maximum Gasteiger partial charge on any atom is 0.407 e. The first-order chi connectivity index (χ1) is 36.4. The number of para-hydroxylation sites is 1. The van der Waals surface area contributed by atoms with Gasteiger partial charge in [0.15, 0.2) is 0 Å². The molecule has 3 N–H and O–H groups in total. The lowest BCUT2D eigenvalue weighted by Gasteiger charge is -2.39. The van der Waals surface area contributed by atoms with E-state index in [4.69, 9.17) is 24.0 Å². The van der Waals surface area contributed by atoms with E-state index in [0.717, 1.165) is 45.4 Å². The molecule has 1 unspecified atom stereocenters. The summed E-state index contributed by atoms with van der Waals surface area (Å²) in [5, 5.41) is 19.7. The summed E-state index contributed by atoms with van der Waals surface area (Å²) in [6.07, 6.45) is 4.85. The number of nitrogens with zero attached hydrogens (tertiary/aromatic N) is 8. The third-order valence-electron chi connectivity index (χ3n) is 12.1. The van der Waals surface area contributed by atoms with Crippen LogP contribution in [-0.4, -0.2) is 132 Å². The Hall–Kier alpha value is -7.72. The van der Waals surface area contributed by atoms with Gasteiger partial charge in [-0.25, -0.2) is 28.6 Å². The van der Waals surface area contributed by atoms with Crippen molar-refractivity contribution in [1.29, 1.82) is 0 Å².